The molecular formula is C14H15F3N2O3. The van der Waals surface area contributed by atoms with E-state index in [1.54, 1.807) is 0 Å². The van der Waals surface area contributed by atoms with Gasteiger partial charge in [0.1, 0.15) is 5.56 Å². The summed E-state index contributed by atoms with van der Waals surface area (Å²) in [7, 11) is 0. The van der Waals surface area contributed by atoms with Crippen LogP contribution in [0.5, 0.6) is 0 Å². The number of carbonyl (C=O) groups is 1. The van der Waals surface area contributed by atoms with E-state index < -0.39 is 29.0 Å². The molecule has 2 aliphatic carbocycles. The minimum atomic E-state index is -4.71. The van der Waals surface area contributed by atoms with Gasteiger partial charge in [-0.3, -0.25) is 4.68 Å². The summed E-state index contributed by atoms with van der Waals surface area (Å²) in [5, 5.41) is 13.3. The summed E-state index contributed by atoms with van der Waals surface area (Å²) in [6.45, 7) is 0.687. The van der Waals surface area contributed by atoms with Crippen molar-refractivity contribution in [3.05, 3.63) is 17.0 Å². The largest absolute Gasteiger partial charge is 0.477 e. The third-order valence-corrected chi connectivity index (χ3v) is 4.81. The fourth-order valence-electron chi connectivity index (χ4n) is 3.70. The monoisotopic (exact) mass is 316 g/mol. The number of carboxylic acid groups (broad SMARTS) is 1. The summed E-state index contributed by atoms with van der Waals surface area (Å²) in [6, 6.07) is 0. The molecule has 1 N–H and O–H groups in total. The lowest BCUT2D eigenvalue weighted by Gasteiger charge is -2.35. The maximum absolute atomic E-state index is 13.3. The van der Waals surface area contributed by atoms with Gasteiger partial charge in [-0.05, 0) is 31.6 Å². The van der Waals surface area contributed by atoms with Crippen LogP contribution in [-0.4, -0.2) is 33.1 Å². The predicted octanol–water partition coefficient (Wildman–Crippen LogP) is 2.66. The minimum Gasteiger partial charge on any atom is -0.477 e. The fourth-order valence-corrected chi connectivity index (χ4v) is 3.70. The van der Waals surface area contributed by atoms with Crippen LogP contribution in [0.3, 0.4) is 0 Å². The van der Waals surface area contributed by atoms with Crippen LogP contribution < -0.4 is 0 Å². The number of nitrogens with zero attached hydrogens (tertiary/aromatic N) is 2. The molecule has 2 aliphatic heterocycles. The minimum absolute atomic E-state index is 0.0843. The molecule has 22 heavy (non-hydrogen) atoms. The van der Waals surface area contributed by atoms with E-state index in [0.717, 1.165) is 17.5 Å². The van der Waals surface area contributed by atoms with E-state index in [1.165, 1.54) is 0 Å². The molecule has 3 heterocycles. The first kappa shape index (κ1) is 14.0. The number of hydrogen-bond acceptors (Lipinski definition) is 3. The molecular weight excluding hydrogens is 301 g/mol. The first-order valence-corrected chi connectivity index (χ1v) is 7.34. The maximum Gasteiger partial charge on any atom is 0.420 e. The molecule has 5 rings (SSSR count). The Hall–Kier alpha value is -1.57. The lowest BCUT2D eigenvalue weighted by molar-refractivity contribution is -0.138. The SMILES string of the molecule is O=C(O)c1c(C(F)(F)F)c(C2CC2)nn1CC12CC(CO1)C2. The van der Waals surface area contributed by atoms with Crippen LogP contribution in [0.2, 0.25) is 0 Å². The highest BCUT2D eigenvalue weighted by molar-refractivity contribution is 5.88. The van der Waals surface area contributed by atoms with Gasteiger partial charge in [0.15, 0.2) is 5.69 Å². The topological polar surface area (TPSA) is 64.3 Å². The van der Waals surface area contributed by atoms with Crippen LogP contribution in [0.4, 0.5) is 13.2 Å². The number of alkyl halides is 3. The number of halogens is 3. The van der Waals surface area contributed by atoms with E-state index in [-0.39, 0.29) is 18.2 Å². The fraction of sp³-hybridized carbons (Fsp3) is 0.714. The van der Waals surface area contributed by atoms with Crippen LogP contribution >= 0.6 is 0 Å². The molecule has 8 heteroatoms. The number of aromatic nitrogens is 2. The average Bonchev–Trinajstić information content (AvgIpc) is 2.86. The van der Waals surface area contributed by atoms with Gasteiger partial charge in [0.25, 0.3) is 0 Å². The third kappa shape index (κ3) is 2.04. The molecule has 0 amide bonds. The Labute approximate surface area is 124 Å². The number of fused-ring (bicyclic) bond motifs is 1. The summed E-state index contributed by atoms with van der Waals surface area (Å²) in [5.41, 5.74) is -2.46. The normalized spacial score (nSPS) is 30.4. The number of aromatic carboxylic acids is 1. The van der Waals surface area contributed by atoms with Gasteiger partial charge in [-0.25, -0.2) is 4.79 Å². The van der Waals surface area contributed by atoms with Gasteiger partial charge >= 0.3 is 12.1 Å². The molecule has 0 radical (unpaired) electrons. The second-order valence-electron chi connectivity index (χ2n) is 6.61. The third-order valence-electron chi connectivity index (χ3n) is 4.81. The second-order valence-corrected chi connectivity index (χ2v) is 6.61. The van der Waals surface area contributed by atoms with Crippen molar-refractivity contribution < 1.29 is 27.8 Å². The van der Waals surface area contributed by atoms with Crippen molar-refractivity contribution in [2.24, 2.45) is 5.92 Å². The molecule has 2 bridgehead atoms. The maximum atomic E-state index is 13.3. The molecule has 1 aromatic rings. The van der Waals surface area contributed by atoms with Crippen LogP contribution in [0.25, 0.3) is 0 Å². The smallest absolute Gasteiger partial charge is 0.420 e. The lowest BCUT2D eigenvalue weighted by Crippen LogP contribution is -2.41. The molecule has 4 fully saturated rings. The summed E-state index contributed by atoms with van der Waals surface area (Å²) in [4.78, 5) is 11.4. The average molecular weight is 316 g/mol. The highest BCUT2D eigenvalue weighted by Crippen LogP contribution is 2.51. The predicted molar refractivity (Wildman–Crippen MR) is 67.6 cm³/mol. The Morgan fingerprint density at radius 1 is 1.41 bits per heavy atom. The molecule has 0 unspecified atom stereocenters. The number of hydrogen-bond donors (Lipinski definition) is 1. The van der Waals surface area contributed by atoms with Crippen molar-refractivity contribution in [3.8, 4) is 0 Å². The molecule has 1 aromatic heterocycles. The summed E-state index contributed by atoms with van der Waals surface area (Å²) < 4.78 is 46.7. The highest BCUT2D eigenvalue weighted by atomic mass is 19.4. The van der Waals surface area contributed by atoms with Gasteiger partial charge in [0.05, 0.1) is 24.4 Å². The second kappa shape index (κ2) is 4.24. The zero-order chi connectivity index (χ0) is 15.7. The van der Waals surface area contributed by atoms with Gasteiger partial charge in [-0.2, -0.15) is 18.3 Å². The Bertz CT molecular complexity index is 637. The Morgan fingerprint density at radius 3 is 2.55 bits per heavy atom. The molecule has 4 aliphatic rings. The van der Waals surface area contributed by atoms with Gasteiger partial charge in [0, 0.05) is 5.92 Å². The van der Waals surface area contributed by atoms with Crippen LogP contribution in [0.1, 0.15) is 53.3 Å². The van der Waals surface area contributed by atoms with Gasteiger partial charge in [-0.1, -0.05) is 0 Å². The lowest BCUT2D eigenvalue weighted by atomic mass is 9.74. The molecule has 0 atom stereocenters. The van der Waals surface area contributed by atoms with Gasteiger partial charge in [-0.15, -0.1) is 0 Å². The van der Waals surface area contributed by atoms with Crippen molar-refractivity contribution in [1.29, 1.82) is 0 Å². The summed E-state index contributed by atoms with van der Waals surface area (Å²) >= 11 is 0. The summed E-state index contributed by atoms with van der Waals surface area (Å²) in [6.07, 6.45) is -1.91. The van der Waals surface area contributed by atoms with E-state index >= 15 is 0 Å². The van der Waals surface area contributed by atoms with E-state index in [4.69, 9.17) is 4.74 Å². The van der Waals surface area contributed by atoms with E-state index in [2.05, 4.69) is 5.10 Å². The highest BCUT2D eigenvalue weighted by Gasteiger charge is 2.54. The van der Waals surface area contributed by atoms with Crippen molar-refractivity contribution in [2.45, 2.75) is 49.9 Å². The van der Waals surface area contributed by atoms with Crippen molar-refractivity contribution in [1.82, 2.24) is 9.78 Å². The van der Waals surface area contributed by atoms with Crippen LogP contribution in [0.15, 0.2) is 0 Å². The summed E-state index contributed by atoms with van der Waals surface area (Å²) in [5.74, 6) is -1.40. The van der Waals surface area contributed by atoms with Crippen molar-refractivity contribution >= 4 is 5.97 Å². The Morgan fingerprint density at radius 2 is 2.09 bits per heavy atom. The first-order valence-electron chi connectivity index (χ1n) is 7.34. The molecule has 2 saturated carbocycles. The standard InChI is InChI=1S/C14H15F3N2O3/c15-14(16,17)9-10(8-1-2-8)18-19(11(9)12(20)21)6-13-3-7(4-13)5-22-13/h7-8H,1-6H2,(H,20,21). The quantitative estimate of drug-likeness (QED) is 0.927. The molecule has 120 valence electrons. The van der Waals surface area contributed by atoms with E-state index in [0.29, 0.717) is 25.4 Å². The molecule has 5 nitrogen and oxygen atoms in total. The van der Waals surface area contributed by atoms with Gasteiger partial charge < -0.3 is 9.84 Å². The van der Waals surface area contributed by atoms with E-state index in [9.17, 15) is 23.1 Å². The zero-order valence-corrected chi connectivity index (χ0v) is 11.7. The zero-order valence-electron chi connectivity index (χ0n) is 11.7. The molecule has 2 saturated heterocycles. The molecule has 0 spiro atoms. The van der Waals surface area contributed by atoms with Gasteiger partial charge in [0.2, 0.25) is 0 Å². The number of rotatable bonds is 4. The van der Waals surface area contributed by atoms with Crippen LogP contribution in [0, 0.1) is 5.92 Å². The van der Waals surface area contributed by atoms with E-state index in [1.807, 2.05) is 0 Å². The molecule has 0 aromatic carbocycles. The number of carboxylic acids is 1. The number of ether oxygens (including phenoxy) is 1. The van der Waals surface area contributed by atoms with Crippen LogP contribution in [-0.2, 0) is 17.5 Å². The Kier molecular flexibility index (Phi) is 2.71. The van der Waals surface area contributed by atoms with Crippen molar-refractivity contribution in [2.75, 3.05) is 6.61 Å². The Balaban J connectivity index is 1.78. The first-order chi connectivity index (χ1) is 10.3. The van der Waals surface area contributed by atoms with Crippen molar-refractivity contribution in [3.63, 3.8) is 0 Å².